The molecule has 2 heteroatoms. The predicted octanol–water partition coefficient (Wildman–Crippen LogP) is 6.82. The first-order valence-electron chi connectivity index (χ1n) is 11.6. The van der Waals surface area contributed by atoms with Gasteiger partial charge in [0.05, 0.1) is 6.10 Å². The van der Waals surface area contributed by atoms with E-state index in [1.165, 1.54) is 56.1 Å². The van der Waals surface area contributed by atoms with Gasteiger partial charge >= 0.3 is 0 Å². The number of halogens is 1. The van der Waals surface area contributed by atoms with Gasteiger partial charge < -0.3 is 4.74 Å². The Morgan fingerprint density at radius 2 is 1.78 bits per heavy atom. The van der Waals surface area contributed by atoms with Crippen LogP contribution in [0.25, 0.3) is 0 Å². The third-order valence-electron chi connectivity index (χ3n) is 7.79. The Hall–Kier alpha value is -0.890. The molecule has 1 aromatic rings. The highest BCUT2D eigenvalue weighted by molar-refractivity contribution is 5.37. The van der Waals surface area contributed by atoms with Gasteiger partial charge in [-0.2, -0.15) is 0 Å². The van der Waals surface area contributed by atoms with Crippen LogP contribution >= 0.6 is 0 Å². The SMILES string of the molecule is CCCOC1CCC2CC(c3cc4c(cc3F)CC(CC)CC4)CCC2C1. The van der Waals surface area contributed by atoms with Crippen molar-refractivity contribution in [1.82, 2.24) is 0 Å². The molecule has 2 saturated carbocycles. The van der Waals surface area contributed by atoms with Gasteiger partial charge in [-0.1, -0.05) is 26.3 Å². The van der Waals surface area contributed by atoms with E-state index in [4.69, 9.17) is 4.74 Å². The van der Waals surface area contributed by atoms with Crippen LogP contribution in [0.15, 0.2) is 12.1 Å². The zero-order chi connectivity index (χ0) is 18.8. The molecule has 0 spiro atoms. The first-order valence-corrected chi connectivity index (χ1v) is 11.6. The van der Waals surface area contributed by atoms with Crippen LogP contribution in [0.5, 0.6) is 0 Å². The lowest BCUT2D eigenvalue weighted by Gasteiger charge is -2.42. The fourth-order valence-electron chi connectivity index (χ4n) is 6.10. The van der Waals surface area contributed by atoms with Crippen LogP contribution in [0.3, 0.4) is 0 Å². The van der Waals surface area contributed by atoms with Crippen molar-refractivity contribution in [2.45, 2.75) is 96.5 Å². The normalized spacial score (nSPS) is 33.4. The summed E-state index contributed by atoms with van der Waals surface area (Å²) in [5, 5.41) is 0. The molecule has 0 saturated heterocycles. The fourth-order valence-corrected chi connectivity index (χ4v) is 6.10. The maximum atomic E-state index is 15.0. The molecule has 3 aliphatic carbocycles. The van der Waals surface area contributed by atoms with Crippen LogP contribution in [0, 0.1) is 23.6 Å². The molecule has 3 aliphatic rings. The molecule has 0 aromatic heterocycles. The summed E-state index contributed by atoms with van der Waals surface area (Å²) in [4.78, 5) is 0. The van der Waals surface area contributed by atoms with Gasteiger partial charge in [0.15, 0.2) is 0 Å². The van der Waals surface area contributed by atoms with Crippen molar-refractivity contribution < 1.29 is 9.13 Å². The summed E-state index contributed by atoms with van der Waals surface area (Å²) < 4.78 is 21.0. The van der Waals surface area contributed by atoms with Gasteiger partial charge in [-0.05, 0) is 111 Å². The Morgan fingerprint density at radius 1 is 0.963 bits per heavy atom. The number of hydrogen-bond donors (Lipinski definition) is 0. The summed E-state index contributed by atoms with van der Waals surface area (Å²) in [5.41, 5.74) is 3.76. The van der Waals surface area contributed by atoms with Crippen LogP contribution in [0.4, 0.5) is 4.39 Å². The summed E-state index contributed by atoms with van der Waals surface area (Å²) in [7, 11) is 0. The zero-order valence-electron chi connectivity index (χ0n) is 17.3. The topological polar surface area (TPSA) is 9.23 Å². The molecule has 4 rings (SSSR count). The first-order chi connectivity index (χ1) is 13.2. The average Bonchev–Trinajstić information content (AvgIpc) is 2.70. The summed E-state index contributed by atoms with van der Waals surface area (Å²) in [6.07, 6.45) is 13.7. The lowest BCUT2D eigenvalue weighted by molar-refractivity contribution is -0.0148. The van der Waals surface area contributed by atoms with E-state index >= 15 is 0 Å². The number of hydrogen-bond acceptors (Lipinski definition) is 1. The lowest BCUT2D eigenvalue weighted by Crippen LogP contribution is -2.34. The molecule has 0 aliphatic heterocycles. The van der Waals surface area contributed by atoms with Crippen molar-refractivity contribution in [3.8, 4) is 0 Å². The molecule has 0 amide bonds. The van der Waals surface area contributed by atoms with Crippen molar-refractivity contribution in [1.29, 1.82) is 0 Å². The fraction of sp³-hybridized carbons (Fsp3) is 0.760. The molecule has 0 heterocycles. The number of fused-ring (bicyclic) bond motifs is 2. The molecule has 0 radical (unpaired) electrons. The minimum Gasteiger partial charge on any atom is -0.378 e. The second-order valence-electron chi connectivity index (χ2n) is 9.50. The van der Waals surface area contributed by atoms with Crippen LogP contribution in [-0.4, -0.2) is 12.7 Å². The molecule has 150 valence electrons. The van der Waals surface area contributed by atoms with Crippen LogP contribution in [0.2, 0.25) is 0 Å². The maximum Gasteiger partial charge on any atom is 0.126 e. The van der Waals surface area contributed by atoms with E-state index in [2.05, 4.69) is 19.9 Å². The third kappa shape index (κ3) is 4.26. The monoisotopic (exact) mass is 372 g/mol. The van der Waals surface area contributed by atoms with Gasteiger partial charge in [-0.3, -0.25) is 0 Å². The Kier molecular flexibility index (Phi) is 6.21. The quantitative estimate of drug-likeness (QED) is 0.551. The molecule has 27 heavy (non-hydrogen) atoms. The van der Waals surface area contributed by atoms with Gasteiger partial charge in [0.25, 0.3) is 0 Å². The smallest absolute Gasteiger partial charge is 0.126 e. The van der Waals surface area contributed by atoms with E-state index in [9.17, 15) is 4.39 Å². The Labute approximate surface area is 165 Å². The maximum absolute atomic E-state index is 15.0. The molecule has 2 fully saturated rings. The molecule has 1 aromatic carbocycles. The van der Waals surface area contributed by atoms with Crippen LogP contribution in [-0.2, 0) is 17.6 Å². The summed E-state index contributed by atoms with van der Waals surface area (Å²) in [6.45, 7) is 5.36. The van der Waals surface area contributed by atoms with Crippen molar-refractivity contribution >= 4 is 0 Å². The minimum absolute atomic E-state index is 0.0777. The molecule has 0 bridgehead atoms. The zero-order valence-corrected chi connectivity index (χ0v) is 17.3. The molecular weight excluding hydrogens is 335 g/mol. The second kappa shape index (κ2) is 8.64. The van der Waals surface area contributed by atoms with Gasteiger partial charge in [0.1, 0.15) is 5.82 Å². The average molecular weight is 373 g/mol. The summed E-state index contributed by atoms with van der Waals surface area (Å²) >= 11 is 0. The van der Waals surface area contributed by atoms with E-state index in [1.807, 2.05) is 6.07 Å². The van der Waals surface area contributed by atoms with Gasteiger partial charge in [0, 0.05) is 6.61 Å². The molecule has 0 N–H and O–H groups in total. The largest absolute Gasteiger partial charge is 0.378 e. The van der Waals surface area contributed by atoms with Gasteiger partial charge in [-0.15, -0.1) is 0 Å². The van der Waals surface area contributed by atoms with Crippen molar-refractivity contribution in [3.63, 3.8) is 0 Å². The van der Waals surface area contributed by atoms with E-state index in [0.717, 1.165) is 55.6 Å². The van der Waals surface area contributed by atoms with E-state index in [-0.39, 0.29) is 5.82 Å². The van der Waals surface area contributed by atoms with Crippen molar-refractivity contribution in [3.05, 3.63) is 34.6 Å². The molecule has 5 unspecified atom stereocenters. The predicted molar refractivity (Wildman–Crippen MR) is 110 cm³/mol. The van der Waals surface area contributed by atoms with E-state index < -0.39 is 0 Å². The third-order valence-corrected chi connectivity index (χ3v) is 7.79. The number of rotatable bonds is 5. The Bertz CT molecular complexity index is 639. The standard InChI is InChI=1S/C25H37FO/c1-3-11-27-23-10-9-18-13-21(8-7-19(18)14-23)24-15-20-6-5-17(4-2)12-22(20)16-25(24)26/h15-19,21,23H,3-14H2,1-2H3. The first kappa shape index (κ1) is 19.4. The number of aryl methyl sites for hydroxylation is 1. The minimum atomic E-state index is 0.0777. The highest BCUT2D eigenvalue weighted by atomic mass is 19.1. The molecule has 5 atom stereocenters. The summed E-state index contributed by atoms with van der Waals surface area (Å²) in [5.74, 6) is 2.86. The highest BCUT2D eigenvalue weighted by Gasteiger charge is 2.37. The molecule has 1 nitrogen and oxygen atoms in total. The number of benzene rings is 1. The van der Waals surface area contributed by atoms with Gasteiger partial charge in [0.2, 0.25) is 0 Å². The Balaban J connectivity index is 1.42. The van der Waals surface area contributed by atoms with Crippen molar-refractivity contribution in [2.24, 2.45) is 17.8 Å². The summed E-state index contributed by atoms with van der Waals surface area (Å²) in [6, 6.07) is 4.16. The van der Waals surface area contributed by atoms with Crippen molar-refractivity contribution in [2.75, 3.05) is 6.61 Å². The lowest BCUT2D eigenvalue weighted by atomic mass is 9.65. The second-order valence-corrected chi connectivity index (χ2v) is 9.50. The highest BCUT2D eigenvalue weighted by Crippen LogP contribution is 2.47. The Morgan fingerprint density at radius 3 is 2.59 bits per heavy atom. The van der Waals surface area contributed by atoms with Gasteiger partial charge in [-0.25, -0.2) is 4.39 Å². The van der Waals surface area contributed by atoms with E-state index in [1.54, 1.807) is 0 Å². The van der Waals surface area contributed by atoms with Crippen LogP contribution < -0.4 is 0 Å². The number of ether oxygens (including phenoxy) is 1. The van der Waals surface area contributed by atoms with E-state index in [0.29, 0.717) is 12.0 Å². The van der Waals surface area contributed by atoms with Crippen LogP contribution in [0.1, 0.15) is 94.2 Å². The molecular formula is C25H37FO.